The summed E-state index contributed by atoms with van der Waals surface area (Å²) in [6.45, 7) is 4.10. The maximum absolute atomic E-state index is 13.7. The van der Waals surface area contributed by atoms with Crippen molar-refractivity contribution in [2.24, 2.45) is 4.99 Å². The summed E-state index contributed by atoms with van der Waals surface area (Å²) >= 11 is 1.51. The molecule has 0 fully saturated rings. The summed E-state index contributed by atoms with van der Waals surface area (Å²) < 4.78 is 0. The number of nitrogens with zero attached hydrogens (tertiary/aromatic N) is 2. The zero-order valence-electron chi connectivity index (χ0n) is 23.3. The maximum Gasteiger partial charge on any atom is 0.304 e. The van der Waals surface area contributed by atoms with Crippen LogP contribution in [-0.2, 0) is 16.1 Å². The van der Waals surface area contributed by atoms with Gasteiger partial charge in [-0.2, -0.15) is 0 Å². The third-order valence-corrected chi connectivity index (χ3v) is 7.91. The van der Waals surface area contributed by atoms with E-state index in [1.54, 1.807) is 42.5 Å². The van der Waals surface area contributed by atoms with Crippen LogP contribution in [0, 0.1) is 11.8 Å². The van der Waals surface area contributed by atoms with Gasteiger partial charge in [0, 0.05) is 33.0 Å². The van der Waals surface area contributed by atoms with Gasteiger partial charge in [-0.3, -0.25) is 19.3 Å². The zero-order valence-corrected chi connectivity index (χ0v) is 24.1. The van der Waals surface area contributed by atoms with Crippen LogP contribution in [0.1, 0.15) is 58.1 Å². The first-order valence-corrected chi connectivity index (χ1v) is 14.6. The van der Waals surface area contributed by atoms with Crippen molar-refractivity contribution in [1.82, 2.24) is 10.6 Å². The van der Waals surface area contributed by atoms with Crippen molar-refractivity contribution in [3.63, 3.8) is 0 Å². The predicted octanol–water partition coefficient (Wildman–Crippen LogP) is 4.83. The first kappa shape index (κ1) is 28.6. The largest absolute Gasteiger partial charge is 0.481 e. The lowest BCUT2D eigenvalue weighted by Crippen LogP contribution is -2.40. The number of aliphatic carboxylic acids is 1. The van der Waals surface area contributed by atoms with Gasteiger partial charge >= 0.3 is 5.97 Å². The summed E-state index contributed by atoms with van der Waals surface area (Å²) in [7, 11) is 0. The standard InChI is InChI=1S/C31H24N4O4S.C2H6/c36-28(32-16-20-14-19(18-40-20)30-33-25-11-2-1-3-12-26(25)34-30)17-35-27-13-7-6-9-22(27)24(15-29(37)38)21-8-4-5-10-23(21)31(35)39;1-2/h1-2,4-11,13-14,18,24,26H,15-17H2,(H,32,36)(H,33,34)(H,37,38);1-2H3. The Morgan fingerprint density at radius 2 is 1.88 bits per heavy atom. The number of rotatable bonds is 7. The number of carbonyl (C=O) groups is 3. The minimum absolute atomic E-state index is 0.163. The predicted molar refractivity (Wildman–Crippen MR) is 165 cm³/mol. The summed E-state index contributed by atoms with van der Waals surface area (Å²) in [6, 6.07) is 16.0. The number of thiophene rings is 1. The quantitative estimate of drug-likeness (QED) is 0.348. The number of carboxylic acid groups (broad SMARTS) is 1. The fraction of sp³-hybridized carbons (Fsp3) is 0.212. The molecule has 3 aromatic rings. The molecule has 3 N–H and O–H groups in total. The number of carbonyl (C=O) groups excluding carboxylic acids is 2. The maximum atomic E-state index is 13.7. The van der Waals surface area contributed by atoms with E-state index in [4.69, 9.17) is 0 Å². The van der Waals surface area contributed by atoms with Crippen molar-refractivity contribution in [2.45, 2.75) is 38.8 Å². The van der Waals surface area contributed by atoms with Crippen molar-refractivity contribution in [2.75, 3.05) is 11.4 Å². The normalized spacial score (nSPS) is 17.8. The van der Waals surface area contributed by atoms with Crippen molar-refractivity contribution < 1.29 is 19.5 Å². The number of amidine groups is 1. The lowest BCUT2D eigenvalue weighted by Gasteiger charge is -2.23. The van der Waals surface area contributed by atoms with Gasteiger partial charge in [0.05, 0.1) is 18.7 Å². The number of anilines is 1. The first-order chi connectivity index (χ1) is 20.5. The summed E-state index contributed by atoms with van der Waals surface area (Å²) in [5, 5.41) is 17.8. The van der Waals surface area contributed by atoms with Gasteiger partial charge in [0.1, 0.15) is 12.4 Å². The number of aliphatic imine (C=N–C) groups is 1. The Morgan fingerprint density at radius 3 is 2.69 bits per heavy atom. The van der Waals surface area contributed by atoms with Crippen LogP contribution >= 0.6 is 11.3 Å². The van der Waals surface area contributed by atoms with Gasteiger partial charge in [-0.05, 0) is 41.5 Å². The fourth-order valence-electron chi connectivity index (χ4n) is 5.13. The molecule has 0 bridgehead atoms. The van der Waals surface area contributed by atoms with Crippen LogP contribution in [0.15, 0.2) is 88.9 Å². The van der Waals surface area contributed by atoms with Crippen LogP contribution in [0.25, 0.3) is 0 Å². The molecule has 1 aromatic heterocycles. The van der Waals surface area contributed by atoms with Gasteiger partial charge in [0.15, 0.2) is 6.04 Å². The highest BCUT2D eigenvalue weighted by Gasteiger charge is 2.34. The molecule has 0 saturated carbocycles. The molecule has 0 radical (unpaired) electrons. The Hall–Kier alpha value is -4.94. The number of para-hydroxylation sites is 1. The second-order valence-corrected chi connectivity index (χ2v) is 10.5. The summed E-state index contributed by atoms with van der Waals surface area (Å²) in [6.07, 6.45) is 5.47. The molecule has 2 aliphatic heterocycles. The Labute approximate surface area is 248 Å². The van der Waals surface area contributed by atoms with Crippen molar-refractivity contribution >= 4 is 40.6 Å². The molecular weight excluding hydrogens is 548 g/mol. The fourth-order valence-corrected chi connectivity index (χ4v) is 5.94. The van der Waals surface area contributed by atoms with Gasteiger partial charge in [-0.15, -0.1) is 11.3 Å². The van der Waals surface area contributed by atoms with Crippen LogP contribution < -0.4 is 15.5 Å². The molecule has 0 spiro atoms. The molecule has 1 aliphatic carbocycles. The first-order valence-electron chi connectivity index (χ1n) is 13.8. The van der Waals surface area contributed by atoms with Crippen molar-refractivity contribution in [3.05, 3.63) is 111 Å². The molecule has 6 rings (SSSR count). The lowest BCUT2D eigenvalue weighted by molar-refractivity contribution is -0.137. The smallest absolute Gasteiger partial charge is 0.304 e. The van der Waals surface area contributed by atoms with E-state index < -0.39 is 11.9 Å². The molecule has 8 nitrogen and oxygen atoms in total. The number of amides is 2. The second-order valence-electron chi connectivity index (χ2n) is 9.54. The summed E-state index contributed by atoms with van der Waals surface area (Å²) in [5.74, 6) is 4.68. The van der Waals surface area contributed by atoms with Crippen LogP contribution in [0.3, 0.4) is 0 Å². The van der Waals surface area contributed by atoms with E-state index in [-0.39, 0.29) is 30.8 Å². The van der Waals surface area contributed by atoms with Gasteiger partial charge < -0.3 is 15.7 Å². The Kier molecular flexibility index (Phi) is 8.65. The molecule has 3 heterocycles. The third kappa shape index (κ3) is 5.90. The van der Waals surface area contributed by atoms with Crippen LogP contribution in [0.5, 0.6) is 0 Å². The lowest BCUT2D eigenvalue weighted by atomic mass is 9.86. The second kappa shape index (κ2) is 12.7. The molecule has 3 aliphatic rings. The number of hydrogen-bond donors (Lipinski definition) is 3. The van der Waals surface area contributed by atoms with Crippen molar-refractivity contribution in [1.29, 1.82) is 0 Å². The van der Waals surface area contributed by atoms with E-state index in [1.165, 1.54) is 16.2 Å². The molecule has 42 heavy (non-hydrogen) atoms. The van der Waals surface area contributed by atoms with Gasteiger partial charge in [-0.1, -0.05) is 68.2 Å². The number of hydrogen-bond acceptors (Lipinski definition) is 6. The topological polar surface area (TPSA) is 111 Å². The van der Waals surface area contributed by atoms with Crippen LogP contribution in [-0.4, -0.2) is 41.3 Å². The average molecular weight is 579 g/mol. The Bertz CT molecular complexity index is 1690. The van der Waals surface area contributed by atoms with Gasteiger partial charge in [0.2, 0.25) is 5.91 Å². The number of nitrogens with one attached hydrogen (secondary N) is 2. The average Bonchev–Trinajstić information content (AvgIpc) is 3.57. The molecule has 2 atom stereocenters. The number of benzene rings is 2. The molecule has 9 heteroatoms. The number of carboxylic acids is 1. The van der Waals surface area contributed by atoms with Crippen LogP contribution in [0.2, 0.25) is 0 Å². The van der Waals surface area contributed by atoms with E-state index in [9.17, 15) is 19.5 Å². The molecule has 212 valence electrons. The zero-order chi connectivity index (χ0) is 29.6. The molecular formula is C33H30N4O4S. The van der Waals surface area contributed by atoms with E-state index in [2.05, 4.69) is 27.5 Å². The van der Waals surface area contributed by atoms with Crippen molar-refractivity contribution in [3.8, 4) is 11.8 Å². The minimum atomic E-state index is -0.960. The highest BCUT2D eigenvalue weighted by molar-refractivity contribution is 7.10. The number of fused-ring (bicyclic) bond motifs is 3. The molecule has 2 unspecified atom stereocenters. The summed E-state index contributed by atoms with van der Waals surface area (Å²) in [4.78, 5) is 45.6. The van der Waals surface area contributed by atoms with E-state index >= 15 is 0 Å². The summed E-state index contributed by atoms with van der Waals surface area (Å²) in [5.41, 5.74) is 4.15. The highest BCUT2D eigenvalue weighted by atomic mass is 32.1. The SMILES string of the molecule is CC.O=C(O)CC1c2ccccc2C(=O)N(CC(=O)NCc2cc(C3=NC4C#CC=CC=C4N3)cs2)c2ccccc21. The Balaban J connectivity index is 0.00000173. The van der Waals surface area contributed by atoms with Gasteiger partial charge in [-0.25, -0.2) is 4.99 Å². The van der Waals surface area contributed by atoms with E-state index in [1.807, 2.05) is 49.6 Å². The monoisotopic (exact) mass is 578 g/mol. The third-order valence-electron chi connectivity index (χ3n) is 6.97. The molecule has 2 aromatic carbocycles. The minimum Gasteiger partial charge on any atom is -0.481 e. The van der Waals surface area contributed by atoms with E-state index in [0.29, 0.717) is 28.9 Å². The van der Waals surface area contributed by atoms with Crippen LogP contribution in [0.4, 0.5) is 5.69 Å². The number of allylic oxidation sites excluding steroid dienone is 3. The molecule has 2 amide bonds. The Morgan fingerprint density at radius 1 is 1.12 bits per heavy atom. The molecule has 0 saturated heterocycles. The highest BCUT2D eigenvalue weighted by Crippen LogP contribution is 2.40. The van der Waals surface area contributed by atoms with Gasteiger partial charge in [0.25, 0.3) is 5.91 Å². The van der Waals surface area contributed by atoms with E-state index in [0.717, 1.165) is 22.0 Å².